The van der Waals surface area contributed by atoms with Gasteiger partial charge in [0.05, 0.1) is 33.3 Å². The quantitative estimate of drug-likeness (QED) is 0.744. The van der Waals surface area contributed by atoms with Crippen LogP contribution in [-0.4, -0.2) is 26.7 Å². The number of hydrogen-bond acceptors (Lipinski definition) is 4. The van der Waals surface area contributed by atoms with Crippen molar-refractivity contribution in [2.24, 2.45) is 5.92 Å². The van der Waals surface area contributed by atoms with Crippen molar-refractivity contribution < 1.29 is 19.0 Å². The third-order valence-corrected chi connectivity index (χ3v) is 4.54. The second-order valence-electron chi connectivity index (χ2n) is 6.41. The lowest BCUT2D eigenvalue weighted by atomic mass is 10.0. The highest BCUT2D eigenvalue weighted by molar-refractivity contribution is 5.76. The Bertz CT molecular complexity index is 725. The van der Waals surface area contributed by atoms with E-state index >= 15 is 0 Å². The molecule has 3 rings (SSSR count). The molecule has 1 amide bonds. The van der Waals surface area contributed by atoms with E-state index in [9.17, 15) is 4.79 Å². The highest BCUT2D eigenvalue weighted by Crippen LogP contribution is 2.41. The minimum Gasteiger partial charge on any atom is -0.497 e. The molecule has 1 atom stereocenters. The zero-order valence-corrected chi connectivity index (χ0v) is 15.2. The zero-order valence-electron chi connectivity index (χ0n) is 15.2. The molecule has 0 bridgehead atoms. The normalized spacial score (nSPS) is 14.4. The molecule has 1 saturated carbocycles. The van der Waals surface area contributed by atoms with Gasteiger partial charge in [-0.15, -0.1) is 0 Å². The van der Waals surface area contributed by atoms with Crippen LogP contribution in [0.3, 0.4) is 0 Å². The van der Waals surface area contributed by atoms with E-state index in [1.165, 1.54) is 0 Å². The van der Waals surface area contributed by atoms with Crippen molar-refractivity contribution >= 4 is 5.91 Å². The summed E-state index contributed by atoms with van der Waals surface area (Å²) in [5, 5.41) is 3.16. The number of para-hydroxylation sites is 2. The molecule has 1 aliphatic carbocycles. The largest absolute Gasteiger partial charge is 0.497 e. The second-order valence-corrected chi connectivity index (χ2v) is 6.41. The molecule has 0 aromatic heterocycles. The van der Waals surface area contributed by atoms with Gasteiger partial charge >= 0.3 is 0 Å². The predicted molar refractivity (Wildman–Crippen MR) is 99.7 cm³/mol. The Kier molecular flexibility index (Phi) is 6.00. The van der Waals surface area contributed by atoms with E-state index in [1.54, 1.807) is 14.2 Å². The van der Waals surface area contributed by atoms with E-state index in [0.29, 0.717) is 30.4 Å². The van der Waals surface area contributed by atoms with Crippen LogP contribution in [0, 0.1) is 5.92 Å². The number of rotatable bonds is 9. The van der Waals surface area contributed by atoms with Crippen LogP contribution in [-0.2, 0) is 4.79 Å². The van der Waals surface area contributed by atoms with E-state index in [-0.39, 0.29) is 11.9 Å². The van der Waals surface area contributed by atoms with Gasteiger partial charge in [0.15, 0.2) is 11.5 Å². The van der Waals surface area contributed by atoms with Gasteiger partial charge in [0.2, 0.25) is 5.91 Å². The van der Waals surface area contributed by atoms with Crippen molar-refractivity contribution in [2.45, 2.75) is 25.3 Å². The lowest BCUT2D eigenvalue weighted by molar-refractivity contribution is -0.122. The molecule has 0 radical (unpaired) electrons. The van der Waals surface area contributed by atoms with Crippen LogP contribution in [0.4, 0.5) is 0 Å². The fourth-order valence-corrected chi connectivity index (χ4v) is 2.95. The molecule has 1 unspecified atom stereocenters. The average molecular weight is 355 g/mol. The minimum atomic E-state index is -0.00684. The van der Waals surface area contributed by atoms with Crippen LogP contribution in [0.15, 0.2) is 48.5 Å². The molecular weight excluding hydrogens is 330 g/mol. The van der Waals surface area contributed by atoms with Crippen LogP contribution in [0.5, 0.6) is 17.2 Å². The van der Waals surface area contributed by atoms with E-state index < -0.39 is 0 Å². The Morgan fingerprint density at radius 1 is 1.04 bits per heavy atom. The fraction of sp³-hybridized carbons (Fsp3) is 0.381. The molecule has 1 fully saturated rings. The van der Waals surface area contributed by atoms with Gasteiger partial charge < -0.3 is 19.5 Å². The molecule has 0 saturated heterocycles. The lowest BCUT2D eigenvalue weighted by Crippen LogP contribution is -2.30. The third-order valence-electron chi connectivity index (χ3n) is 4.54. The van der Waals surface area contributed by atoms with Gasteiger partial charge in [-0.25, -0.2) is 0 Å². The molecular formula is C21H25NO4. The summed E-state index contributed by atoms with van der Waals surface area (Å²) in [6, 6.07) is 15.4. The molecule has 2 aromatic carbocycles. The van der Waals surface area contributed by atoms with Crippen LogP contribution in [0.1, 0.15) is 30.9 Å². The lowest BCUT2D eigenvalue weighted by Gasteiger charge is -2.19. The summed E-state index contributed by atoms with van der Waals surface area (Å²) in [6.07, 6.45) is 2.60. The smallest absolute Gasteiger partial charge is 0.223 e. The summed E-state index contributed by atoms with van der Waals surface area (Å²) in [5.41, 5.74) is 1.12. The maximum atomic E-state index is 12.4. The van der Waals surface area contributed by atoms with E-state index in [2.05, 4.69) is 5.32 Å². The van der Waals surface area contributed by atoms with Crippen molar-refractivity contribution in [1.29, 1.82) is 0 Å². The minimum absolute atomic E-state index is 0.00684. The first-order valence-corrected chi connectivity index (χ1v) is 8.90. The number of amides is 1. The fourth-order valence-electron chi connectivity index (χ4n) is 2.95. The summed E-state index contributed by atoms with van der Waals surface area (Å²) in [6.45, 7) is 0.312. The first-order valence-electron chi connectivity index (χ1n) is 8.90. The second kappa shape index (κ2) is 8.61. The van der Waals surface area contributed by atoms with Crippen LogP contribution in [0.25, 0.3) is 0 Å². The van der Waals surface area contributed by atoms with Crippen molar-refractivity contribution in [3.8, 4) is 17.2 Å². The number of carbonyl (C=O) groups is 1. The summed E-state index contributed by atoms with van der Waals surface area (Å²) in [7, 11) is 3.25. The van der Waals surface area contributed by atoms with Crippen molar-refractivity contribution in [1.82, 2.24) is 5.32 Å². The maximum absolute atomic E-state index is 12.4. The van der Waals surface area contributed by atoms with Crippen molar-refractivity contribution in [2.75, 3.05) is 20.8 Å². The maximum Gasteiger partial charge on any atom is 0.223 e. The van der Waals surface area contributed by atoms with Gasteiger partial charge in [0, 0.05) is 0 Å². The van der Waals surface area contributed by atoms with Crippen LogP contribution in [0.2, 0.25) is 0 Å². The van der Waals surface area contributed by atoms with Gasteiger partial charge in [-0.3, -0.25) is 4.79 Å². The zero-order chi connectivity index (χ0) is 18.4. The Balaban J connectivity index is 1.53. The first kappa shape index (κ1) is 18.1. The molecule has 5 nitrogen and oxygen atoms in total. The predicted octanol–water partition coefficient (Wildman–Crippen LogP) is 3.74. The van der Waals surface area contributed by atoms with Crippen molar-refractivity contribution in [3.63, 3.8) is 0 Å². The molecule has 0 spiro atoms. The molecule has 26 heavy (non-hydrogen) atoms. The van der Waals surface area contributed by atoms with Gasteiger partial charge in [0.25, 0.3) is 0 Å². The van der Waals surface area contributed by atoms with Gasteiger partial charge in [-0.05, 0) is 48.6 Å². The molecule has 0 heterocycles. The number of nitrogens with one attached hydrogen (secondary N) is 1. The third kappa shape index (κ3) is 4.69. The number of benzene rings is 2. The topological polar surface area (TPSA) is 56.8 Å². The molecule has 2 aromatic rings. The molecule has 1 aliphatic rings. The Morgan fingerprint density at radius 3 is 2.35 bits per heavy atom. The molecule has 0 aliphatic heterocycles. The molecule has 1 N–H and O–H groups in total. The monoisotopic (exact) mass is 355 g/mol. The number of ether oxygens (including phenoxy) is 3. The summed E-state index contributed by atoms with van der Waals surface area (Å²) in [4.78, 5) is 12.4. The number of carbonyl (C=O) groups excluding carboxylic acids is 1. The van der Waals surface area contributed by atoms with Crippen molar-refractivity contribution in [3.05, 3.63) is 54.1 Å². The van der Waals surface area contributed by atoms with E-state index in [4.69, 9.17) is 14.2 Å². The van der Waals surface area contributed by atoms with E-state index in [0.717, 1.165) is 24.2 Å². The van der Waals surface area contributed by atoms with Gasteiger partial charge in [-0.2, -0.15) is 0 Å². The first-order chi connectivity index (χ1) is 12.7. The Morgan fingerprint density at radius 2 is 1.73 bits per heavy atom. The summed E-state index contributed by atoms with van der Waals surface area (Å²) < 4.78 is 16.1. The van der Waals surface area contributed by atoms with E-state index in [1.807, 2.05) is 48.5 Å². The SMILES string of the molecule is COc1ccc(C(NC(=O)CCOc2ccccc2OC)C2CC2)cc1. The highest BCUT2D eigenvalue weighted by atomic mass is 16.5. The molecule has 138 valence electrons. The van der Waals surface area contributed by atoms with Crippen LogP contribution >= 0.6 is 0 Å². The molecule has 5 heteroatoms. The number of methoxy groups -OCH3 is 2. The summed E-state index contributed by atoms with van der Waals surface area (Å²) >= 11 is 0. The summed E-state index contributed by atoms with van der Waals surface area (Å²) in [5.74, 6) is 2.65. The highest BCUT2D eigenvalue weighted by Gasteiger charge is 2.33. The van der Waals surface area contributed by atoms with Gasteiger partial charge in [0.1, 0.15) is 5.75 Å². The Labute approximate surface area is 154 Å². The average Bonchev–Trinajstić information content (AvgIpc) is 3.52. The van der Waals surface area contributed by atoms with Gasteiger partial charge in [-0.1, -0.05) is 24.3 Å². The Hall–Kier alpha value is -2.69. The standard InChI is InChI=1S/C21H25NO4/c1-24-17-11-9-16(10-12-17)21(15-7-8-15)22-20(23)13-14-26-19-6-4-3-5-18(19)25-2/h3-6,9-12,15,21H,7-8,13-14H2,1-2H3,(H,22,23). The van der Waals surface area contributed by atoms with Crippen LogP contribution < -0.4 is 19.5 Å². The number of hydrogen-bond donors (Lipinski definition) is 1.